The fraction of sp³-hybridized carbons (Fsp3) is 0.0400. The Morgan fingerprint density at radius 1 is 0.191 bits per heavy atom. The molecular weight excluding hydrogens is 742 g/mol. The average molecular weight is 744 g/mol. The van der Waals surface area contributed by atoms with E-state index in [0.717, 1.165) is 0 Å². The van der Waals surface area contributed by atoms with Gasteiger partial charge in [0.05, 0.1) is 21.2 Å². The van der Waals surface area contributed by atoms with Gasteiger partial charge in [-0.05, 0) is 15.8 Å². The van der Waals surface area contributed by atoms with E-state index < -0.39 is 159 Å². The smallest absolute Gasteiger partial charge is 0.200 e. The van der Waals surface area contributed by atoms with Gasteiger partial charge in [0.25, 0.3) is 0 Å². The van der Waals surface area contributed by atoms with Gasteiger partial charge in [-0.15, -0.1) is 0 Å². The van der Waals surface area contributed by atoms with Crippen molar-refractivity contribution in [3.8, 4) is 0 Å². The molecule has 0 aromatic heterocycles. The van der Waals surface area contributed by atoms with Crippen molar-refractivity contribution in [2.24, 2.45) is 0 Å². The quantitative estimate of drug-likeness (QED) is 0.0814. The van der Waals surface area contributed by atoms with Gasteiger partial charge in [0.1, 0.15) is 0 Å². The molecule has 4 aromatic carbocycles. The second kappa shape index (κ2) is 12.7. The molecule has 22 heteroatoms. The molecule has 0 heterocycles. The molecule has 0 N–H and O–H groups in total. The summed E-state index contributed by atoms with van der Waals surface area (Å²) in [4.78, 5) is 0. The summed E-state index contributed by atoms with van der Waals surface area (Å²) in [6.07, 6.45) is 0. The third-order valence-corrected chi connectivity index (χ3v) is 12.1. The molecule has 0 saturated heterocycles. The van der Waals surface area contributed by atoms with Crippen LogP contribution in [0.15, 0.2) is 0 Å². The lowest BCUT2D eigenvalue weighted by molar-refractivity contribution is 0.382. The Hall–Kier alpha value is -3.66. The lowest BCUT2D eigenvalue weighted by atomic mass is 10.3. The van der Waals surface area contributed by atoms with Gasteiger partial charge in [0.15, 0.2) is 93.1 Å². The Morgan fingerprint density at radius 3 is 0.426 bits per heavy atom. The summed E-state index contributed by atoms with van der Waals surface area (Å²) < 4.78 is 288. The van der Waals surface area contributed by atoms with E-state index in [9.17, 15) is 87.8 Å². The number of halogens is 20. The van der Waals surface area contributed by atoms with Gasteiger partial charge in [-0.3, -0.25) is 0 Å². The van der Waals surface area contributed by atoms with E-state index in [2.05, 4.69) is 0 Å². The van der Waals surface area contributed by atoms with Crippen LogP contribution in [-0.4, -0.2) is 5.90 Å². The first-order chi connectivity index (χ1) is 21.7. The Morgan fingerprint density at radius 2 is 0.298 bits per heavy atom. The van der Waals surface area contributed by atoms with Crippen LogP contribution in [0, 0.1) is 116 Å². The standard InChI is InChI=1S/C25H2F20P2/c26-2-6(30)14(38)22(15(39)7(2)31)46(23-16(40)8(32)3(27)9(33)17(23)41)1-47(24-18(42)10(34)4(28)11(35)19(24)43)25-20(44)12(36)5(29)13(37)21(25)45/h1H2. The van der Waals surface area contributed by atoms with Crippen LogP contribution in [0.25, 0.3) is 0 Å². The Kier molecular flexibility index (Phi) is 9.81. The highest BCUT2D eigenvalue weighted by molar-refractivity contribution is 7.88. The molecule has 0 amide bonds. The van der Waals surface area contributed by atoms with Crippen LogP contribution < -0.4 is 21.2 Å². The summed E-state index contributed by atoms with van der Waals surface area (Å²) in [7, 11) is -9.64. The molecule has 0 fully saturated rings. The Balaban J connectivity index is 2.28. The first kappa shape index (κ1) is 36.2. The topological polar surface area (TPSA) is 0 Å². The summed E-state index contributed by atoms with van der Waals surface area (Å²) in [5, 5.41) is -10.6. The van der Waals surface area contributed by atoms with Gasteiger partial charge in [-0.25, -0.2) is 87.8 Å². The van der Waals surface area contributed by atoms with E-state index in [1.807, 2.05) is 0 Å². The molecule has 47 heavy (non-hydrogen) atoms. The van der Waals surface area contributed by atoms with E-state index in [1.165, 1.54) is 0 Å². The lowest BCUT2D eigenvalue weighted by Gasteiger charge is -2.28. The Labute approximate surface area is 247 Å². The molecule has 4 aromatic rings. The molecule has 0 radical (unpaired) electrons. The molecule has 0 aliphatic heterocycles. The normalized spacial score (nSPS) is 11.9. The average Bonchev–Trinajstić information content (AvgIpc) is 3.04. The molecule has 0 spiro atoms. The van der Waals surface area contributed by atoms with E-state index in [-0.39, 0.29) is 0 Å². The number of hydrogen-bond donors (Lipinski definition) is 0. The summed E-state index contributed by atoms with van der Waals surface area (Å²) in [5.74, 6) is -64.6. The fourth-order valence-electron chi connectivity index (χ4n) is 3.97. The van der Waals surface area contributed by atoms with Crippen molar-refractivity contribution in [3.05, 3.63) is 116 Å². The van der Waals surface area contributed by atoms with Crippen LogP contribution in [0.5, 0.6) is 0 Å². The summed E-state index contributed by atoms with van der Waals surface area (Å²) in [5.41, 5.74) is 0. The van der Waals surface area contributed by atoms with Gasteiger partial charge in [0.2, 0.25) is 23.3 Å². The van der Waals surface area contributed by atoms with Crippen molar-refractivity contribution in [2.75, 3.05) is 5.90 Å². The van der Waals surface area contributed by atoms with Crippen molar-refractivity contribution in [3.63, 3.8) is 0 Å². The highest BCUT2D eigenvalue weighted by Crippen LogP contribution is 2.53. The van der Waals surface area contributed by atoms with Crippen LogP contribution in [0.3, 0.4) is 0 Å². The number of benzene rings is 4. The van der Waals surface area contributed by atoms with Crippen LogP contribution in [0.1, 0.15) is 0 Å². The van der Waals surface area contributed by atoms with E-state index in [1.54, 1.807) is 0 Å². The van der Waals surface area contributed by atoms with E-state index >= 15 is 0 Å². The Bertz CT molecular complexity index is 1600. The molecule has 0 atom stereocenters. The first-order valence-electron chi connectivity index (χ1n) is 11.3. The van der Waals surface area contributed by atoms with Crippen molar-refractivity contribution in [1.82, 2.24) is 0 Å². The van der Waals surface area contributed by atoms with E-state index in [0.29, 0.717) is 0 Å². The minimum absolute atomic E-state index is 2.57. The number of hydrogen-bond acceptors (Lipinski definition) is 0. The zero-order chi connectivity index (χ0) is 35.7. The molecule has 0 aliphatic rings. The van der Waals surface area contributed by atoms with Crippen molar-refractivity contribution < 1.29 is 87.8 Å². The highest BCUT2D eigenvalue weighted by Gasteiger charge is 2.43. The molecule has 0 bridgehead atoms. The predicted molar refractivity (Wildman–Crippen MR) is 122 cm³/mol. The van der Waals surface area contributed by atoms with Gasteiger partial charge in [0, 0.05) is 5.90 Å². The maximum absolute atomic E-state index is 15.0. The van der Waals surface area contributed by atoms with Crippen LogP contribution in [-0.2, 0) is 0 Å². The molecule has 0 aliphatic carbocycles. The molecule has 4 rings (SSSR count). The monoisotopic (exact) mass is 744 g/mol. The minimum Gasteiger partial charge on any atom is -0.203 e. The van der Waals surface area contributed by atoms with Gasteiger partial charge < -0.3 is 0 Å². The third-order valence-electron chi connectivity index (χ3n) is 6.11. The summed E-state index contributed by atoms with van der Waals surface area (Å²) in [6.45, 7) is 0. The van der Waals surface area contributed by atoms with Crippen molar-refractivity contribution in [1.29, 1.82) is 0 Å². The fourth-order valence-corrected chi connectivity index (χ4v) is 10.5. The maximum atomic E-state index is 15.0. The molecular formula is C25H2F20P2. The SMILES string of the molecule is Fc1c(F)c(F)c(P(CP(c2c(F)c(F)c(F)c(F)c2F)c2c(F)c(F)c(F)c(F)c2F)c2c(F)c(F)c(F)c(F)c2F)c(F)c1F. The van der Waals surface area contributed by atoms with Crippen molar-refractivity contribution >= 4 is 37.1 Å². The summed E-state index contributed by atoms with van der Waals surface area (Å²) in [6, 6.07) is 0. The number of rotatable bonds is 6. The second-order valence-electron chi connectivity index (χ2n) is 8.67. The van der Waals surface area contributed by atoms with Gasteiger partial charge in [-0.1, -0.05) is 0 Å². The van der Waals surface area contributed by atoms with E-state index in [4.69, 9.17) is 0 Å². The van der Waals surface area contributed by atoms with Gasteiger partial charge in [-0.2, -0.15) is 0 Å². The molecule has 0 saturated carbocycles. The maximum Gasteiger partial charge on any atom is 0.200 e. The van der Waals surface area contributed by atoms with Crippen LogP contribution in [0.2, 0.25) is 0 Å². The lowest BCUT2D eigenvalue weighted by Crippen LogP contribution is -2.34. The zero-order valence-corrected chi connectivity index (χ0v) is 22.9. The largest absolute Gasteiger partial charge is 0.203 e. The van der Waals surface area contributed by atoms with Crippen LogP contribution in [0.4, 0.5) is 87.8 Å². The van der Waals surface area contributed by atoms with Gasteiger partial charge >= 0.3 is 0 Å². The zero-order valence-electron chi connectivity index (χ0n) is 21.2. The highest BCUT2D eigenvalue weighted by atomic mass is 31.2. The first-order valence-corrected chi connectivity index (χ1v) is 14.4. The second-order valence-corrected chi connectivity index (χ2v) is 13.3. The predicted octanol–water partition coefficient (Wildman–Crippen LogP) is 7.99. The minimum atomic E-state index is -4.82. The van der Waals surface area contributed by atoms with Crippen molar-refractivity contribution in [2.45, 2.75) is 0 Å². The summed E-state index contributed by atoms with van der Waals surface area (Å²) >= 11 is 0. The molecule has 0 unspecified atom stereocenters. The van der Waals surface area contributed by atoms with Crippen LogP contribution >= 0.6 is 15.8 Å². The third kappa shape index (κ3) is 5.46. The molecule has 252 valence electrons. The molecule has 0 nitrogen and oxygen atoms in total.